The minimum atomic E-state index is -0.363. The van der Waals surface area contributed by atoms with Crippen LogP contribution in [-0.2, 0) is 0 Å². The van der Waals surface area contributed by atoms with Crippen molar-refractivity contribution in [3.8, 4) is 5.95 Å². The Kier molecular flexibility index (Phi) is 3.99. The lowest BCUT2D eigenvalue weighted by molar-refractivity contribution is 0.0995. The Balaban J connectivity index is 1.81. The number of furan rings is 1. The zero-order valence-corrected chi connectivity index (χ0v) is 14.4. The lowest BCUT2D eigenvalue weighted by Gasteiger charge is -2.07. The first kappa shape index (κ1) is 15.4. The number of aryl methyl sites for hydroxylation is 2. The molecule has 0 aliphatic rings. The Hall–Kier alpha value is -2.48. The van der Waals surface area contributed by atoms with E-state index in [-0.39, 0.29) is 11.7 Å². The van der Waals surface area contributed by atoms with Gasteiger partial charge >= 0.3 is 0 Å². The largest absolute Gasteiger partial charge is 0.444 e. The Morgan fingerprint density at radius 2 is 1.91 bits per heavy atom. The highest BCUT2D eigenvalue weighted by atomic mass is 79.9. The van der Waals surface area contributed by atoms with E-state index in [4.69, 9.17) is 4.42 Å². The molecule has 0 aliphatic carbocycles. The molecule has 3 rings (SSSR count). The van der Waals surface area contributed by atoms with Gasteiger partial charge in [-0.05, 0) is 48.8 Å². The maximum absolute atomic E-state index is 12.0. The van der Waals surface area contributed by atoms with Crippen LogP contribution in [-0.4, -0.2) is 25.4 Å². The first-order valence-corrected chi connectivity index (χ1v) is 7.66. The maximum Gasteiger partial charge on any atom is 0.291 e. The van der Waals surface area contributed by atoms with Crippen LogP contribution in [0, 0.1) is 20.8 Å². The first-order valence-electron chi connectivity index (χ1n) is 6.87. The van der Waals surface area contributed by atoms with Crippen LogP contribution in [0.1, 0.15) is 27.8 Å². The second kappa shape index (κ2) is 5.96. The third-order valence-electron chi connectivity index (χ3n) is 3.41. The maximum atomic E-state index is 12.0. The molecule has 0 atom stereocenters. The van der Waals surface area contributed by atoms with Crippen molar-refractivity contribution in [2.24, 2.45) is 0 Å². The summed E-state index contributed by atoms with van der Waals surface area (Å²) in [6, 6.07) is 3.23. The molecule has 0 fully saturated rings. The number of carbonyl (C=O) groups is 1. The molecule has 3 aromatic heterocycles. The third kappa shape index (κ3) is 3.02. The molecule has 0 bridgehead atoms. The zero-order valence-electron chi connectivity index (χ0n) is 12.8. The summed E-state index contributed by atoms with van der Waals surface area (Å²) in [6.45, 7) is 5.80. The molecule has 0 spiro atoms. The van der Waals surface area contributed by atoms with Crippen molar-refractivity contribution in [1.82, 2.24) is 19.5 Å². The van der Waals surface area contributed by atoms with Gasteiger partial charge in [0.05, 0.1) is 23.8 Å². The zero-order chi connectivity index (χ0) is 16.6. The second-order valence-corrected chi connectivity index (χ2v) is 5.78. The van der Waals surface area contributed by atoms with Gasteiger partial charge in [0.25, 0.3) is 5.91 Å². The van der Waals surface area contributed by atoms with Crippen LogP contribution in [0.2, 0.25) is 0 Å². The van der Waals surface area contributed by atoms with Crippen molar-refractivity contribution in [2.45, 2.75) is 20.8 Å². The van der Waals surface area contributed by atoms with Gasteiger partial charge in [0, 0.05) is 5.69 Å². The van der Waals surface area contributed by atoms with Crippen molar-refractivity contribution in [3.63, 3.8) is 0 Å². The van der Waals surface area contributed by atoms with Gasteiger partial charge in [-0.1, -0.05) is 0 Å². The van der Waals surface area contributed by atoms with Gasteiger partial charge in [-0.2, -0.15) is 0 Å². The number of nitrogens with one attached hydrogen (secondary N) is 1. The third-order valence-corrected chi connectivity index (χ3v) is 3.83. The molecule has 0 aliphatic heterocycles. The second-order valence-electron chi connectivity index (χ2n) is 4.99. The Labute approximate surface area is 140 Å². The van der Waals surface area contributed by atoms with E-state index in [2.05, 4.69) is 36.2 Å². The highest BCUT2D eigenvalue weighted by molar-refractivity contribution is 9.10. The molecule has 0 saturated heterocycles. The smallest absolute Gasteiger partial charge is 0.291 e. The van der Waals surface area contributed by atoms with E-state index in [1.807, 2.05) is 25.3 Å². The molecule has 0 saturated carbocycles. The van der Waals surface area contributed by atoms with E-state index in [0.717, 1.165) is 17.2 Å². The quantitative estimate of drug-likeness (QED) is 0.759. The van der Waals surface area contributed by atoms with Crippen LogP contribution in [0.5, 0.6) is 0 Å². The van der Waals surface area contributed by atoms with Gasteiger partial charge in [0.1, 0.15) is 5.82 Å². The lowest BCUT2D eigenvalue weighted by Crippen LogP contribution is -2.12. The molecule has 23 heavy (non-hydrogen) atoms. The molecule has 3 heterocycles. The number of hydrogen-bond acceptors (Lipinski definition) is 5. The van der Waals surface area contributed by atoms with Gasteiger partial charge in [0.2, 0.25) is 5.95 Å². The topological polar surface area (TPSA) is 85.8 Å². The van der Waals surface area contributed by atoms with Crippen LogP contribution in [0.15, 0.2) is 33.6 Å². The van der Waals surface area contributed by atoms with Crippen molar-refractivity contribution in [1.29, 1.82) is 0 Å². The number of anilines is 1. The first-order chi connectivity index (χ1) is 11.0. The highest BCUT2D eigenvalue weighted by Crippen LogP contribution is 2.17. The van der Waals surface area contributed by atoms with E-state index in [0.29, 0.717) is 16.3 Å². The van der Waals surface area contributed by atoms with E-state index >= 15 is 0 Å². The summed E-state index contributed by atoms with van der Waals surface area (Å²) >= 11 is 3.16. The number of halogens is 1. The van der Waals surface area contributed by atoms with E-state index < -0.39 is 0 Å². The molecule has 0 aromatic carbocycles. The Morgan fingerprint density at radius 1 is 1.22 bits per heavy atom. The average Bonchev–Trinajstić information content (AvgIpc) is 3.05. The van der Waals surface area contributed by atoms with Gasteiger partial charge in [-0.3, -0.25) is 9.36 Å². The number of hydrogen-bond donors (Lipinski definition) is 1. The summed E-state index contributed by atoms with van der Waals surface area (Å²) in [5, 5.41) is 2.68. The minimum absolute atomic E-state index is 0.206. The number of aromatic nitrogens is 4. The monoisotopic (exact) mass is 375 g/mol. The van der Waals surface area contributed by atoms with Crippen molar-refractivity contribution in [2.75, 3.05) is 5.32 Å². The lowest BCUT2D eigenvalue weighted by atomic mass is 10.4. The standard InChI is InChI=1S/C15H14BrN5O2/c1-8-9(2)21(10(3)19-8)15-17-6-11(7-18-15)20-14(22)12-4-5-13(16)23-12/h4-7H,1-3H3,(H,20,22). The van der Waals surface area contributed by atoms with Gasteiger partial charge in [-0.15, -0.1) is 0 Å². The molecule has 1 N–H and O–H groups in total. The number of carbonyl (C=O) groups excluding carboxylic acids is 1. The molecule has 0 unspecified atom stereocenters. The normalized spacial score (nSPS) is 10.8. The van der Waals surface area contributed by atoms with E-state index in [1.54, 1.807) is 24.5 Å². The van der Waals surface area contributed by atoms with Crippen molar-refractivity contribution in [3.05, 3.63) is 52.2 Å². The molecule has 1 amide bonds. The molecular weight excluding hydrogens is 362 g/mol. The fourth-order valence-corrected chi connectivity index (χ4v) is 2.51. The summed E-state index contributed by atoms with van der Waals surface area (Å²) in [5.41, 5.74) is 2.41. The average molecular weight is 376 g/mol. The van der Waals surface area contributed by atoms with Crippen LogP contribution >= 0.6 is 15.9 Å². The Bertz CT molecular complexity index is 867. The van der Waals surface area contributed by atoms with Crippen molar-refractivity contribution < 1.29 is 9.21 Å². The Morgan fingerprint density at radius 3 is 2.43 bits per heavy atom. The number of rotatable bonds is 3. The highest BCUT2D eigenvalue weighted by Gasteiger charge is 2.13. The number of nitrogens with zero attached hydrogens (tertiary/aromatic N) is 4. The number of imidazole rings is 1. The van der Waals surface area contributed by atoms with Crippen LogP contribution in [0.3, 0.4) is 0 Å². The summed E-state index contributed by atoms with van der Waals surface area (Å²) in [7, 11) is 0. The molecule has 8 heteroatoms. The van der Waals surface area contributed by atoms with E-state index in [9.17, 15) is 4.79 Å². The predicted molar refractivity (Wildman–Crippen MR) is 87.7 cm³/mol. The summed E-state index contributed by atoms with van der Waals surface area (Å²) in [6.07, 6.45) is 3.10. The van der Waals surface area contributed by atoms with Crippen LogP contribution < -0.4 is 5.32 Å². The molecule has 3 aromatic rings. The molecule has 0 radical (unpaired) electrons. The fraction of sp³-hybridized carbons (Fsp3) is 0.200. The van der Waals surface area contributed by atoms with Gasteiger partial charge < -0.3 is 9.73 Å². The fourth-order valence-electron chi connectivity index (χ4n) is 2.20. The van der Waals surface area contributed by atoms with Crippen LogP contribution in [0.25, 0.3) is 5.95 Å². The summed E-state index contributed by atoms with van der Waals surface area (Å²) < 4.78 is 7.56. The van der Waals surface area contributed by atoms with Gasteiger partial charge in [-0.25, -0.2) is 15.0 Å². The predicted octanol–water partition coefficient (Wildman–Crippen LogP) is 3.20. The minimum Gasteiger partial charge on any atom is -0.444 e. The SMILES string of the molecule is Cc1nc(C)n(-c2ncc(NC(=O)c3ccc(Br)o3)cn2)c1C. The van der Waals surface area contributed by atoms with E-state index in [1.165, 1.54) is 0 Å². The number of amides is 1. The molecular formula is C15H14BrN5O2. The molecule has 7 nitrogen and oxygen atoms in total. The summed E-state index contributed by atoms with van der Waals surface area (Å²) in [5.74, 6) is 1.17. The van der Waals surface area contributed by atoms with Crippen LogP contribution in [0.4, 0.5) is 5.69 Å². The molecule has 118 valence electrons. The summed E-state index contributed by atoms with van der Waals surface area (Å²) in [4.78, 5) is 25.0. The van der Waals surface area contributed by atoms with Crippen molar-refractivity contribution >= 4 is 27.5 Å². The van der Waals surface area contributed by atoms with Gasteiger partial charge in [0.15, 0.2) is 10.4 Å².